The van der Waals surface area contributed by atoms with Gasteiger partial charge in [0.1, 0.15) is 12.1 Å². The summed E-state index contributed by atoms with van der Waals surface area (Å²) in [6, 6.07) is 2.74. The van der Waals surface area contributed by atoms with E-state index in [1.54, 1.807) is 0 Å². The first kappa shape index (κ1) is 22.6. The topological polar surface area (TPSA) is 69.7 Å². The molecule has 1 spiro atoms. The van der Waals surface area contributed by atoms with E-state index in [0.29, 0.717) is 43.5 Å². The van der Waals surface area contributed by atoms with Crippen molar-refractivity contribution < 1.29 is 27.6 Å². The SMILES string of the molecule is CC1CC(C)(C)CC2(C1)NC(=O)N(CC(=O)N1CCCc3cc(C(F)(F)F)ccc31)C2=O. The van der Waals surface area contributed by atoms with E-state index in [-0.39, 0.29) is 17.2 Å². The van der Waals surface area contributed by atoms with Crippen molar-refractivity contribution in [3.63, 3.8) is 0 Å². The number of hydrogen-bond donors (Lipinski definition) is 1. The third-order valence-electron chi connectivity index (χ3n) is 6.74. The van der Waals surface area contributed by atoms with Crippen molar-refractivity contribution in [1.29, 1.82) is 0 Å². The van der Waals surface area contributed by atoms with Crippen molar-refractivity contribution in [3.8, 4) is 0 Å². The number of anilines is 1. The Bertz CT molecular complexity index is 975. The minimum atomic E-state index is -4.46. The number of benzene rings is 1. The lowest BCUT2D eigenvalue weighted by atomic mass is 9.64. The first-order chi connectivity index (χ1) is 14.8. The van der Waals surface area contributed by atoms with E-state index in [1.807, 2.05) is 0 Å². The third-order valence-corrected chi connectivity index (χ3v) is 6.74. The van der Waals surface area contributed by atoms with Crippen LogP contribution >= 0.6 is 0 Å². The molecule has 2 heterocycles. The molecule has 1 aromatic rings. The highest BCUT2D eigenvalue weighted by molar-refractivity contribution is 6.10. The standard InChI is InChI=1S/C23H28F3N3O3/c1-14-10-21(2,3)13-22(11-14)19(31)29(20(32)27-22)12-18(30)28-8-4-5-15-9-16(23(24,25)26)6-7-17(15)28/h6-7,9,14H,4-5,8,10-13H2,1-3H3,(H,27,32). The Hall–Kier alpha value is -2.58. The van der Waals surface area contributed by atoms with Gasteiger partial charge in [0.25, 0.3) is 5.91 Å². The maximum absolute atomic E-state index is 13.3. The minimum absolute atomic E-state index is 0.122. The summed E-state index contributed by atoms with van der Waals surface area (Å²) in [6.07, 6.45) is -1.54. The van der Waals surface area contributed by atoms with Gasteiger partial charge in [-0.3, -0.25) is 14.5 Å². The highest BCUT2D eigenvalue weighted by Crippen LogP contribution is 2.46. The Kier molecular flexibility index (Phi) is 5.29. The number of carbonyl (C=O) groups excluding carboxylic acids is 3. The number of fused-ring (bicyclic) bond motifs is 1. The molecule has 2 unspecified atom stereocenters. The highest BCUT2D eigenvalue weighted by atomic mass is 19.4. The average Bonchev–Trinajstić information content (AvgIpc) is 2.87. The molecule has 4 rings (SSSR count). The number of rotatable bonds is 2. The van der Waals surface area contributed by atoms with Crippen molar-refractivity contribution in [3.05, 3.63) is 29.3 Å². The van der Waals surface area contributed by atoms with Gasteiger partial charge in [-0.25, -0.2) is 4.79 Å². The Labute approximate surface area is 185 Å². The fourth-order valence-electron chi connectivity index (χ4n) is 5.90. The summed E-state index contributed by atoms with van der Waals surface area (Å²) >= 11 is 0. The molecule has 1 aliphatic carbocycles. The first-order valence-corrected chi connectivity index (χ1v) is 11.0. The van der Waals surface area contributed by atoms with Gasteiger partial charge in [-0.15, -0.1) is 0 Å². The van der Waals surface area contributed by atoms with Gasteiger partial charge < -0.3 is 10.2 Å². The molecule has 0 bridgehead atoms. The minimum Gasteiger partial charge on any atom is -0.323 e. The summed E-state index contributed by atoms with van der Waals surface area (Å²) in [5.41, 5.74) is -1.03. The number of nitrogens with one attached hydrogen (secondary N) is 1. The summed E-state index contributed by atoms with van der Waals surface area (Å²) in [5.74, 6) is -0.620. The zero-order valence-electron chi connectivity index (χ0n) is 18.5. The summed E-state index contributed by atoms with van der Waals surface area (Å²) in [7, 11) is 0. The summed E-state index contributed by atoms with van der Waals surface area (Å²) in [5, 5.41) is 2.85. The number of urea groups is 1. The smallest absolute Gasteiger partial charge is 0.323 e. The van der Waals surface area contributed by atoms with Crippen LogP contribution in [0.15, 0.2) is 18.2 Å². The zero-order chi connectivity index (χ0) is 23.5. The fraction of sp³-hybridized carbons (Fsp3) is 0.609. The van der Waals surface area contributed by atoms with Crippen LogP contribution in [0.5, 0.6) is 0 Å². The highest BCUT2D eigenvalue weighted by Gasteiger charge is 2.56. The number of carbonyl (C=O) groups is 3. The van der Waals surface area contributed by atoms with Crippen molar-refractivity contribution in [1.82, 2.24) is 10.2 Å². The van der Waals surface area contributed by atoms with E-state index in [4.69, 9.17) is 0 Å². The third kappa shape index (κ3) is 3.97. The van der Waals surface area contributed by atoms with Crippen molar-refractivity contribution in [2.45, 2.75) is 64.6 Å². The van der Waals surface area contributed by atoms with E-state index >= 15 is 0 Å². The first-order valence-electron chi connectivity index (χ1n) is 11.0. The van der Waals surface area contributed by atoms with Crippen LogP contribution in [0.25, 0.3) is 0 Å². The lowest BCUT2D eigenvalue weighted by Gasteiger charge is -2.43. The molecule has 3 aliphatic rings. The van der Waals surface area contributed by atoms with Crippen LogP contribution < -0.4 is 10.2 Å². The van der Waals surface area contributed by atoms with Crippen LogP contribution in [0.3, 0.4) is 0 Å². The molecule has 1 N–H and O–H groups in total. The second kappa shape index (κ2) is 7.49. The van der Waals surface area contributed by atoms with Crippen LogP contribution in [-0.2, 0) is 22.2 Å². The molecule has 32 heavy (non-hydrogen) atoms. The van der Waals surface area contributed by atoms with Crippen LogP contribution in [0.4, 0.5) is 23.7 Å². The second-order valence-electron chi connectivity index (χ2n) is 10.2. The number of imide groups is 1. The largest absolute Gasteiger partial charge is 0.416 e. The van der Waals surface area contributed by atoms with Crippen molar-refractivity contribution in [2.24, 2.45) is 11.3 Å². The molecule has 174 valence electrons. The molecule has 1 saturated heterocycles. The Morgan fingerprint density at radius 3 is 2.59 bits per heavy atom. The molecule has 1 aromatic carbocycles. The molecule has 0 radical (unpaired) electrons. The van der Waals surface area contributed by atoms with E-state index in [2.05, 4.69) is 26.1 Å². The molecule has 4 amide bonds. The van der Waals surface area contributed by atoms with E-state index in [0.717, 1.165) is 23.5 Å². The predicted molar refractivity (Wildman–Crippen MR) is 112 cm³/mol. The van der Waals surface area contributed by atoms with E-state index < -0.39 is 35.8 Å². The number of halogens is 3. The van der Waals surface area contributed by atoms with Gasteiger partial charge >= 0.3 is 12.2 Å². The number of amides is 4. The molecular formula is C23H28F3N3O3. The van der Waals surface area contributed by atoms with Crippen molar-refractivity contribution >= 4 is 23.5 Å². The molecular weight excluding hydrogens is 423 g/mol. The number of alkyl halides is 3. The number of aryl methyl sites for hydroxylation is 1. The maximum atomic E-state index is 13.3. The molecule has 0 aromatic heterocycles. The number of nitrogens with zero attached hydrogens (tertiary/aromatic N) is 2. The monoisotopic (exact) mass is 451 g/mol. The van der Waals surface area contributed by atoms with Crippen LogP contribution in [0.2, 0.25) is 0 Å². The molecule has 1 saturated carbocycles. The van der Waals surface area contributed by atoms with Crippen LogP contribution in [-0.4, -0.2) is 41.4 Å². The van der Waals surface area contributed by atoms with Crippen LogP contribution in [0, 0.1) is 11.3 Å². The number of hydrogen-bond acceptors (Lipinski definition) is 3. The Morgan fingerprint density at radius 1 is 1.22 bits per heavy atom. The quantitative estimate of drug-likeness (QED) is 0.688. The molecule has 2 fully saturated rings. The van der Waals surface area contributed by atoms with Gasteiger partial charge in [0.05, 0.1) is 5.56 Å². The average molecular weight is 451 g/mol. The van der Waals surface area contributed by atoms with Gasteiger partial charge in [-0.05, 0) is 67.2 Å². The van der Waals surface area contributed by atoms with Gasteiger partial charge in [0.2, 0.25) is 5.91 Å². The van der Waals surface area contributed by atoms with E-state index in [1.165, 1.54) is 11.0 Å². The molecule has 2 aliphatic heterocycles. The maximum Gasteiger partial charge on any atom is 0.416 e. The normalized spacial score (nSPS) is 27.5. The summed E-state index contributed by atoms with van der Waals surface area (Å²) in [6.45, 7) is 6.09. The Morgan fingerprint density at radius 2 is 1.94 bits per heavy atom. The summed E-state index contributed by atoms with van der Waals surface area (Å²) in [4.78, 5) is 41.4. The molecule has 9 heteroatoms. The molecule has 6 nitrogen and oxygen atoms in total. The lowest BCUT2D eigenvalue weighted by Crippen LogP contribution is -2.54. The lowest BCUT2D eigenvalue weighted by molar-refractivity contribution is -0.138. The van der Waals surface area contributed by atoms with Crippen molar-refractivity contribution in [2.75, 3.05) is 18.0 Å². The van der Waals surface area contributed by atoms with Gasteiger partial charge in [0.15, 0.2) is 0 Å². The second-order valence-corrected chi connectivity index (χ2v) is 10.2. The van der Waals surface area contributed by atoms with Crippen LogP contribution in [0.1, 0.15) is 57.6 Å². The Balaban J connectivity index is 1.54. The predicted octanol–water partition coefficient (Wildman–Crippen LogP) is 4.12. The zero-order valence-corrected chi connectivity index (χ0v) is 18.5. The van der Waals surface area contributed by atoms with Gasteiger partial charge in [-0.1, -0.05) is 20.8 Å². The molecule has 2 atom stereocenters. The van der Waals surface area contributed by atoms with Gasteiger partial charge in [0, 0.05) is 12.2 Å². The fourth-order valence-corrected chi connectivity index (χ4v) is 5.90. The van der Waals surface area contributed by atoms with Gasteiger partial charge in [-0.2, -0.15) is 13.2 Å². The summed E-state index contributed by atoms with van der Waals surface area (Å²) < 4.78 is 39.2. The van der Waals surface area contributed by atoms with E-state index in [9.17, 15) is 27.6 Å².